The Labute approximate surface area is 165 Å². The van der Waals surface area contributed by atoms with Gasteiger partial charge < -0.3 is 4.90 Å². The van der Waals surface area contributed by atoms with Gasteiger partial charge in [-0.3, -0.25) is 4.79 Å². The Bertz CT molecular complexity index is 1040. The predicted octanol–water partition coefficient (Wildman–Crippen LogP) is 3.93. The van der Waals surface area contributed by atoms with Gasteiger partial charge >= 0.3 is 0 Å². The van der Waals surface area contributed by atoms with Crippen molar-refractivity contribution in [3.8, 4) is 5.69 Å². The fourth-order valence-electron chi connectivity index (χ4n) is 3.52. The molecule has 0 radical (unpaired) electrons. The van der Waals surface area contributed by atoms with E-state index in [0.717, 1.165) is 59.8 Å². The smallest absolute Gasteiger partial charge is 0.274 e. The molecule has 0 fully saturated rings. The number of nitrogens with zero attached hydrogens (tertiary/aromatic N) is 4. The molecule has 28 heavy (non-hydrogen) atoms. The molecular formula is C20H20F2N4OS. The van der Waals surface area contributed by atoms with Crippen molar-refractivity contribution >= 4 is 17.2 Å². The number of rotatable bonds is 5. The van der Waals surface area contributed by atoms with E-state index in [1.807, 2.05) is 12.3 Å². The topological polar surface area (TPSA) is 51.0 Å². The summed E-state index contributed by atoms with van der Waals surface area (Å²) in [5.74, 6) is -2.02. The minimum Gasteiger partial charge on any atom is -0.334 e. The molecule has 0 N–H and O–H groups in total. The molecule has 0 spiro atoms. The van der Waals surface area contributed by atoms with Crippen LogP contribution < -0.4 is 0 Å². The maximum atomic E-state index is 13.7. The average molecular weight is 402 g/mol. The summed E-state index contributed by atoms with van der Waals surface area (Å²) in [7, 11) is 1.73. The highest BCUT2D eigenvalue weighted by Crippen LogP contribution is 2.29. The van der Waals surface area contributed by atoms with Gasteiger partial charge in [0.15, 0.2) is 17.3 Å². The molecule has 146 valence electrons. The highest BCUT2D eigenvalue weighted by atomic mass is 32.1. The summed E-state index contributed by atoms with van der Waals surface area (Å²) >= 11 is 1.59. The predicted molar refractivity (Wildman–Crippen MR) is 103 cm³/mol. The van der Waals surface area contributed by atoms with Crippen molar-refractivity contribution in [3.05, 3.63) is 62.9 Å². The lowest BCUT2D eigenvalue weighted by Gasteiger charge is -2.15. The van der Waals surface area contributed by atoms with Crippen LogP contribution in [0, 0.1) is 11.6 Å². The van der Waals surface area contributed by atoms with Gasteiger partial charge in [0.05, 0.1) is 22.9 Å². The number of thiazole rings is 1. The normalized spacial score (nSPS) is 13.0. The number of hydrogen-bond acceptors (Lipinski definition) is 4. The van der Waals surface area contributed by atoms with Crippen molar-refractivity contribution in [2.75, 3.05) is 7.05 Å². The van der Waals surface area contributed by atoms with Gasteiger partial charge in [0, 0.05) is 29.8 Å². The van der Waals surface area contributed by atoms with Gasteiger partial charge in [-0.15, -0.1) is 11.3 Å². The zero-order valence-corrected chi connectivity index (χ0v) is 16.5. The molecule has 0 saturated carbocycles. The van der Waals surface area contributed by atoms with E-state index in [-0.39, 0.29) is 5.91 Å². The van der Waals surface area contributed by atoms with Crippen LogP contribution >= 0.6 is 11.3 Å². The van der Waals surface area contributed by atoms with Crippen molar-refractivity contribution in [1.29, 1.82) is 0 Å². The van der Waals surface area contributed by atoms with Crippen molar-refractivity contribution < 1.29 is 13.6 Å². The lowest BCUT2D eigenvalue weighted by molar-refractivity contribution is 0.0776. The van der Waals surface area contributed by atoms with Crippen LogP contribution in [-0.2, 0) is 25.8 Å². The average Bonchev–Trinajstić information content (AvgIpc) is 3.39. The molecule has 4 rings (SSSR count). The van der Waals surface area contributed by atoms with Crippen molar-refractivity contribution in [3.63, 3.8) is 0 Å². The number of hydrogen-bond donors (Lipinski definition) is 0. The Kier molecular flexibility index (Phi) is 4.97. The van der Waals surface area contributed by atoms with Gasteiger partial charge in [-0.1, -0.05) is 6.92 Å². The monoisotopic (exact) mass is 402 g/mol. The molecule has 1 aliphatic rings. The van der Waals surface area contributed by atoms with E-state index >= 15 is 0 Å². The maximum absolute atomic E-state index is 13.7. The van der Waals surface area contributed by atoms with Gasteiger partial charge in [-0.05, 0) is 37.8 Å². The number of aromatic nitrogens is 3. The zero-order chi connectivity index (χ0) is 19.8. The molecule has 0 unspecified atom stereocenters. The van der Waals surface area contributed by atoms with Gasteiger partial charge in [0.25, 0.3) is 5.91 Å². The number of fused-ring (bicyclic) bond motifs is 1. The van der Waals surface area contributed by atoms with Crippen molar-refractivity contribution in [2.45, 2.75) is 39.2 Å². The Balaban J connectivity index is 1.64. The van der Waals surface area contributed by atoms with Gasteiger partial charge in [-0.25, -0.2) is 18.4 Å². The minimum absolute atomic E-state index is 0.189. The number of carbonyl (C=O) groups excluding carboxylic acids is 1. The summed E-state index contributed by atoms with van der Waals surface area (Å²) in [6.45, 7) is 2.45. The van der Waals surface area contributed by atoms with Crippen LogP contribution in [0.15, 0.2) is 23.6 Å². The van der Waals surface area contributed by atoms with Crippen LogP contribution in [-0.4, -0.2) is 32.6 Å². The highest BCUT2D eigenvalue weighted by molar-refractivity contribution is 7.09. The summed E-state index contributed by atoms with van der Waals surface area (Å²) in [5.41, 5.74) is 3.45. The van der Waals surface area contributed by atoms with E-state index in [1.165, 1.54) is 6.07 Å². The van der Waals surface area contributed by atoms with E-state index in [4.69, 9.17) is 0 Å². The van der Waals surface area contributed by atoms with Crippen LogP contribution in [0.2, 0.25) is 0 Å². The van der Waals surface area contributed by atoms with Crippen molar-refractivity contribution in [1.82, 2.24) is 19.7 Å². The summed E-state index contributed by atoms with van der Waals surface area (Å²) in [6, 6.07) is 3.67. The van der Waals surface area contributed by atoms with Crippen LogP contribution in [0.1, 0.15) is 45.8 Å². The molecule has 0 bridgehead atoms. The number of halogens is 2. The molecule has 1 amide bonds. The molecule has 2 aromatic heterocycles. The summed E-state index contributed by atoms with van der Waals surface area (Å²) in [4.78, 5) is 19.2. The molecule has 0 atom stereocenters. The summed E-state index contributed by atoms with van der Waals surface area (Å²) < 4.78 is 28.6. The first kappa shape index (κ1) is 18.7. The zero-order valence-electron chi connectivity index (χ0n) is 15.7. The minimum atomic E-state index is -0.931. The third-order valence-corrected chi connectivity index (χ3v) is 5.97. The number of benzene rings is 1. The second-order valence-electron chi connectivity index (χ2n) is 6.88. The Morgan fingerprint density at radius 3 is 2.82 bits per heavy atom. The van der Waals surface area contributed by atoms with Gasteiger partial charge in [0.1, 0.15) is 0 Å². The van der Waals surface area contributed by atoms with Crippen LogP contribution in [0.25, 0.3) is 5.69 Å². The molecule has 5 nitrogen and oxygen atoms in total. The molecular weight excluding hydrogens is 382 g/mol. The first-order valence-electron chi connectivity index (χ1n) is 9.23. The quantitative estimate of drug-likeness (QED) is 0.650. The number of carbonyl (C=O) groups is 1. The van der Waals surface area contributed by atoms with E-state index in [0.29, 0.717) is 17.9 Å². The van der Waals surface area contributed by atoms with Crippen LogP contribution in [0.5, 0.6) is 0 Å². The number of aryl methyl sites for hydroxylation is 1. The lowest BCUT2D eigenvalue weighted by atomic mass is 10.2. The third-order valence-electron chi connectivity index (χ3n) is 4.93. The van der Waals surface area contributed by atoms with E-state index in [2.05, 4.69) is 10.1 Å². The first-order valence-corrected chi connectivity index (χ1v) is 10.1. The SMILES string of the molecule is CCc1nc(CN(C)C(=O)c2nn(-c3ccc(F)c(F)c3)c3c2CCC3)cs1. The summed E-state index contributed by atoms with van der Waals surface area (Å²) in [6.07, 6.45) is 3.29. The van der Waals surface area contributed by atoms with Gasteiger partial charge in [0.2, 0.25) is 0 Å². The molecule has 1 aliphatic carbocycles. The Hall–Kier alpha value is -2.61. The molecule has 1 aromatic carbocycles. The number of amides is 1. The van der Waals surface area contributed by atoms with Crippen molar-refractivity contribution in [2.24, 2.45) is 0 Å². The Morgan fingerprint density at radius 1 is 1.29 bits per heavy atom. The molecule has 0 aliphatic heterocycles. The second kappa shape index (κ2) is 7.43. The molecule has 0 saturated heterocycles. The first-order chi connectivity index (χ1) is 13.5. The standard InChI is InChI=1S/C20H20F2N4OS/c1-3-18-23-12(11-28-18)10-25(2)20(27)19-14-5-4-6-17(14)26(24-19)13-7-8-15(21)16(22)9-13/h7-9,11H,3-6,10H2,1-2H3. The highest BCUT2D eigenvalue weighted by Gasteiger charge is 2.29. The van der Waals surface area contributed by atoms with Crippen LogP contribution in [0.4, 0.5) is 8.78 Å². The molecule has 3 aromatic rings. The van der Waals surface area contributed by atoms with Crippen LogP contribution in [0.3, 0.4) is 0 Å². The largest absolute Gasteiger partial charge is 0.334 e. The third kappa shape index (κ3) is 3.32. The summed E-state index contributed by atoms with van der Waals surface area (Å²) in [5, 5.41) is 7.48. The Morgan fingerprint density at radius 2 is 2.11 bits per heavy atom. The van der Waals surface area contributed by atoms with E-state index in [9.17, 15) is 13.6 Å². The molecule has 2 heterocycles. The fourth-order valence-corrected chi connectivity index (χ4v) is 4.25. The van der Waals surface area contributed by atoms with E-state index in [1.54, 1.807) is 28.0 Å². The molecule has 8 heteroatoms. The fraction of sp³-hybridized carbons (Fsp3) is 0.350. The lowest BCUT2D eigenvalue weighted by Crippen LogP contribution is -2.27. The second-order valence-corrected chi connectivity index (χ2v) is 7.83. The van der Waals surface area contributed by atoms with Gasteiger partial charge in [-0.2, -0.15) is 5.10 Å². The maximum Gasteiger partial charge on any atom is 0.274 e. The van der Waals surface area contributed by atoms with E-state index < -0.39 is 11.6 Å².